The highest BCUT2D eigenvalue weighted by molar-refractivity contribution is 5.91. The Balaban J connectivity index is 2.64. The quantitative estimate of drug-likeness (QED) is 0.823. The van der Waals surface area contributed by atoms with Crippen LogP contribution >= 0.6 is 0 Å². The molecule has 0 amide bonds. The molecule has 0 spiro atoms. The van der Waals surface area contributed by atoms with Crippen LogP contribution in [-0.2, 0) is 19.7 Å². The third-order valence-corrected chi connectivity index (χ3v) is 4.17. The number of aryl methyl sites for hydroxylation is 2. The predicted octanol–water partition coefficient (Wildman–Crippen LogP) is 3.63. The van der Waals surface area contributed by atoms with Gasteiger partial charge in [-0.25, -0.2) is 0 Å². The van der Waals surface area contributed by atoms with E-state index >= 15 is 0 Å². The van der Waals surface area contributed by atoms with E-state index in [2.05, 4.69) is 0 Å². The van der Waals surface area contributed by atoms with Crippen molar-refractivity contribution in [2.24, 2.45) is 0 Å². The van der Waals surface area contributed by atoms with Gasteiger partial charge < -0.3 is 9.84 Å². The average Bonchev–Trinajstić information content (AvgIpc) is 2.54. The van der Waals surface area contributed by atoms with E-state index in [9.17, 15) is 14.7 Å². The van der Waals surface area contributed by atoms with Gasteiger partial charge in [-0.3, -0.25) is 9.59 Å². The molecule has 4 nitrogen and oxygen atoms in total. The van der Waals surface area contributed by atoms with Gasteiger partial charge in [-0.1, -0.05) is 59.7 Å². The number of carbonyl (C=O) groups is 2. The van der Waals surface area contributed by atoms with Gasteiger partial charge >= 0.3 is 11.9 Å². The number of carbonyl (C=O) groups excluding carboxylic acids is 1. The van der Waals surface area contributed by atoms with Crippen molar-refractivity contribution in [1.82, 2.24) is 0 Å². The fourth-order valence-corrected chi connectivity index (χ4v) is 2.80. The molecule has 2 aromatic rings. The highest BCUT2D eigenvalue weighted by atomic mass is 16.5. The molecule has 24 heavy (non-hydrogen) atoms. The lowest BCUT2D eigenvalue weighted by atomic mass is 9.71. The van der Waals surface area contributed by atoms with E-state index in [1.165, 1.54) is 0 Å². The van der Waals surface area contributed by atoms with E-state index in [0.717, 1.165) is 11.1 Å². The molecule has 0 saturated carbocycles. The summed E-state index contributed by atoms with van der Waals surface area (Å²) in [5.41, 5.74) is 1.72. The monoisotopic (exact) mass is 326 g/mol. The first-order valence-corrected chi connectivity index (χ1v) is 7.93. The fraction of sp³-hybridized carbons (Fsp3) is 0.300. The number of carboxylic acids is 1. The van der Waals surface area contributed by atoms with Crippen LogP contribution in [0.1, 0.15) is 35.6 Å². The topological polar surface area (TPSA) is 63.6 Å². The minimum absolute atomic E-state index is 0.219. The first-order chi connectivity index (χ1) is 11.4. The number of benzene rings is 2. The summed E-state index contributed by atoms with van der Waals surface area (Å²) in [6.07, 6.45) is -0.248. The summed E-state index contributed by atoms with van der Waals surface area (Å²) in [5.74, 6) is -1.59. The van der Waals surface area contributed by atoms with Gasteiger partial charge in [0.25, 0.3) is 0 Å². The van der Waals surface area contributed by atoms with E-state index < -0.39 is 17.4 Å². The van der Waals surface area contributed by atoms with Crippen molar-refractivity contribution in [2.45, 2.75) is 32.6 Å². The molecule has 0 aliphatic carbocycles. The molecule has 0 fully saturated rings. The van der Waals surface area contributed by atoms with Crippen LogP contribution in [0.2, 0.25) is 0 Å². The third-order valence-electron chi connectivity index (χ3n) is 4.17. The van der Waals surface area contributed by atoms with Gasteiger partial charge in [-0.15, -0.1) is 0 Å². The Hall–Kier alpha value is -2.62. The van der Waals surface area contributed by atoms with Crippen molar-refractivity contribution >= 4 is 11.9 Å². The Kier molecular flexibility index (Phi) is 5.39. The Morgan fingerprint density at radius 2 is 1.33 bits per heavy atom. The lowest BCUT2D eigenvalue weighted by Crippen LogP contribution is -2.39. The third kappa shape index (κ3) is 3.48. The molecule has 0 atom stereocenters. The molecule has 0 aliphatic heterocycles. The number of rotatable bonds is 6. The average molecular weight is 326 g/mol. The lowest BCUT2D eigenvalue weighted by Gasteiger charge is -2.30. The molecule has 1 N–H and O–H groups in total. The molecule has 0 heterocycles. The summed E-state index contributed by atoms with van der Waals surface area (Å²) in [6, 6.07) is 14.5. The summed E-state index contributed by atoms with van der Waals surface area (Å²) in [7, 11) is 0. The first-order valence-electron chi connectivity index (χ1n) is 7.93. The van der Waals surface area contributed by atoms with Crippen LogP contribution in [0.3, 0.4) is 0 Å². The number of hydrogen-bond acceptors (Lipinski definition) is 3. The molecule has 2 aromatic carbocycles. The number of ether oxygens (including phenoxy) is 1. The predicted molar refractivity (Wildman–Crippen MR) is 92.0 cm³/mol. The molecular formula is C20H22O4. The summed E-state index contributed by atoms with van der Waals surface area (Å²) in [4.78, 5) is 24.5. The second-order valence-corrected chi connectivity index (χ2v) is 5.92. The molecule has 2 rings (SSSR count). The molecule has 126 valence electrons. The summed E-state index contributed by atoms with van der Waals surface area (Å²) >= 11 is 0. The molecule has 0 aromatic heterocycles. The van der Waals surface area contributed by atoms with Crippen LogP contribution in [0.5, 0.6) is 0 Å². The van der Waals surface area contributed by atoms with Crippen LogP contribution < -0.4 is 0 Å². The second kappa shape index (κ2) is 7.30. The van der Waals surface area contributed by atoms with Crippen molar-refractivity contribution < 1.29 is 19.4 Å². The van der Waals surface area contributed by atoms with Crippen molar-refractivity contribution in [2.75, 3.05) is 6.61 Å². The minimum atomic E-state index is -1.46. The lowest BCUT2D eigenvalue weighted by molar-refractivity contribution is -0.151. The van der Waals surface area contributed by atoms with Crippen LogP contribution in [0.15, 0.2) is 48.5 Å². The van der Waals surface area contributed by atoms with Gasteiger partial charge in [0.2, 0.25) is 0 Å². The highest BCUT2D eigenvalue weighted by Crippen LogP contribution is 2.37. The molecule has 0 aliphatic rings. The first kappa shape index (κ1) is 17.7. The van der Waals surface area contributed by atoms with Crippen LogP contribution in [-0.4, -0.2) is 23.7 Å². The number of esters is 1. The Morgan fingerprint density at radius 1 is 0.917 bits per heavy atom. The zero-order valence-corrected chi connectivity index (χ0v) is 14.2. The van der Waals surface area contributed by atoms with Gasteiger partial charge in [-0.05, 0) is 31.9 Å². The smallest absolute Gasteiger partial charge is 0.319 e. The van der Waals surface area contributed by atoms with Crippen molar-refractivity contribution in [3.05, 3.63) is 70.8 Å². The zero-order valence-electron chi connectivity index (χ0n) is 14.2. The van der Waals surface area contributed by atoms with E-state index in [1.54, 1.807) is 31.2 Å². The summed E-state index contributed by atoms with van der Waals surface area (Å²) < 4.78 is 5.04. The van der Waals surface area contributed by atoms with Gasteiger partial charge in [-0.2, -0.15) is 0 Å². The normalized spacial score (nSPS) is 11.1. The van der Waals surface area contributed by atoms with E-state index in [-0.39, 0.29) is 13.0 Å². The maximum atomic E-state index is 12.3. The SMILES string of the molecule is CCOC(=O)CC(C(=O)O)(c1ccc(C)cc1)c1ccc(C)cc1. The second-order valence-electron chi connectivity index (χ2n) is 5.92. The Morgan fingerprint density at radius 3 is 1.67 bits per heavy atom. The van der Waals surface area contributed by atoms with E-state index in [0.29, 0.717) is 11.1 Å². The Bertz CT molecular complexity index is 669. The molecule has 0 radical (unpaired) electrons. The molecule has 0 bridgehead atoms. The van der Waals surface area contributed by atoms with Crippen molar-refractivity contribution in [3.8, 4) is 0 Å². The number of aliphatic carboxylic acids is 1. The van der Waals surface area contributed by atoms with Crippen molar-refractivity contribution in [3.63, 3.8) is 0 Å². The Labute approximate surface area is 142 Å². The standard InChI is InChI=1S/C20H22O4/c1-4-24-18(21)13-20(19(22)23,16-9-5-14(2)6-10-16)17-11-7-15(3)8-12-17/h5-12H,4,13H2,1-3H3,(H,22,23). The maximum absolute atomic E-state index is 12.3. The number of hydrogen-bond donors (Lipinski definition) is 1. The molecule has 4 heteroatoms. The largest absolute Gasteiger partial charge is 0.480 e. The highest BCUT2D eigenvalue weighted by Gasteiger charge is 2.44. The van der Waals surface area contributed by atoms with Gasteiger partial charge in [0, 0.05) is 0 Å². The fourth-order valence-electron chi connectivity index (χ4n) is 2.80. The van der Waals surface area contributed by atoms with E-state index in [1.807, 2.05) is 38.1 Å². The summed E-state index contributed by atoms with van der Waals surface area (Å²) in [6.45, 7) is 5.79. The van der Waals surface area contributed by atoms with Crippen molar-refractivity contribution in [1.29, 1.82) is 0 Å². The van der Waals surface area contributed by atoms with Gasteiger partial charge in [0.05, 0.1) is 13.0 Å². The van der Waals surface area contributed by atoms with Crippen LogP contribution in [0, 0.1) is 13.8 Å². The molecule has 0 saturated heterocycles. The molecule has 0 unspecified atom stereocenters. The zero-order chi connectivity index (χ0) is 17.7. The van der Waals surface area contributed by atoms with Gasteiger partial charge in [0.15, 0.2) is 0 Å². The van der Waals surface area contributed by atoms with Gasteiger partial charge in [0.1, 0.15) is 5.41 Å². The van der Waals surface area contributed by atoms with Crippen LogP contribution in [0.25, 0.3) is 0 Å². The molecular weight excluding hydrogens is 304 g/mol. The van der Waals surface area contributed by atoms with E-state index in [4.69, 9.17) is 4.74 Å². The minimum Gasteiger partial charge on any atom is -0.480 e. The summed E-state index contributed by atoms with van der Waals surface area (Å²) in [5, 5.41) is 10.1. The maximum Gasteiger partial charge on any atom is 0.319 e. The van der Waals surface area contributed by atoms with Crippen LogP contribution in [0.4, 0.5) is 0 Å². The number of carboxylic acid groups (broad SMARTS) is 1.